The molecule has 3 rings (SSSR count). The van der Waals surface area contributed by atoms with Gasteiger partial charge in [0, 0.05) is 44.3 Å². The standard InChI is InChI=1S/C28H37N7O3/c29-12-15-35(16-13-30)26(36)18-23(31)27(37)34-25(11-8-20-5-2-1-3-6-20)28(38)33-19-21-9-10-24-22(17-21)7-4-14-32-24/h1-7,9-10,14,17,23,25H,8,11-13,15-16,18-19,29-31H2,(H,33,38)(H,34,37). The van der Waals surface area contributed by atoms with Crippen LogP contribution in [0.25, 0.3) is 10.9 Å². The molecule has 2 unspecified atom stereocenters. The highest BCUT2D eigenvalue weighted by molar-refractivity contribution is 5.92. The average Bonchev–Trinajstić information content (AvgIpc) is 2.94. The Morgan fingerprint density at radius 2 is 1.63 bits per heavy atom. The Kier molecular flexibility index (Phi) is 11.2. The van der Waals surface area contributed by atoms with Crippen LogP contribution in [0.4, 0.5) is 0 Å². The molecule has 1 heterocycles. The Bertz CT molecular complexity index is 1200. The van der Waals surface area contributed by atoms with E-state index in [-0.39, 0.29) is 31.3 Å². The van der Waals surface area contributed by atoms with Crippen LogP contribution in [0.2, 0.25) is 0 Å². The molecule has 3 amide bonds. The molecule has 0 saturated carbocycles. The molecule has 0 radical (unpaired) electrons. The van der Waals surface area contributed by atoms with E-state index < -0.39 is 18.0 Å². The van der Waals surface area contributed by atoms with Crippen LogP contribution in [-0.4, -0.2) is 65.9 Å². The van der Waals surface area contributed by atoms with Gasteiger partial charge in [0.2, 0.25) is 17.7 Å². The second-order valence-electron chi connectivity index (χ2n) is 9.10. The first-order valence-electron chi connectivity index (χ1n) is 12.8. The molecule has 0 aliphatic heterocycles. The van der Waals surface area contributed by atoms with Crippen LogP contribution >= 0.6 is 0 Å². The Hall–Kier alpha value is -3.86. The van der Waals surface area contributed by atoms with Gasteiger partial charge in [-0.05, 0) is 42.2 Å². The summed E-state index contributed by atoms with van der Waals surface area (Å²) in [7, 11) is 0. The number of nitrogens with zero attached hydrogens (tertiary/aromatic N) is 2. The molecule has 0 aliphatic rings. The lowest BCUT2D eigenvalue weighted by atomic mass is 10.0. The molecule has 8 N–H and O–H groups in total. The maximum Gasteiger partial charge on any atom is 0.242 e. The highest BCUT2D eigenvalue weighted by Gasteiger charge is 2.26. The zero-order chi connectivity index (χ0) is 27.3. The van der Waals surface area contributed by atoms with Crippen molar-refractivity contribution >= 4 is 28.6 Å². The van der Waals surface area contributed by atoms with Crippen LogP contribution in [0, 0.1) is 0 Å². The third kappa shape index (κ3) is 8.62. The average molecular weight is 520 g/mol. The number of nitrogens with two attached hydrogens (primary N) is 3. The summed E-state index contributed by atoms with van der Waals surface area (Å²) >= 11 is 0. The Morgan fingerprint density at radius 3 is 2.34 bits per heavy atom. The molecule has 0 aliphatic carbocycles. The fourth-order valence-electron chi connectivity index (χ4n) is 4.13. The number of aromatic nitrogens is 1. The summed E-state index contributed by atoms with van der Waals surface area (Å²) < 4.78 is 0. The fourth-order valence-corrected chi connectivity index (χ4v) is 4.13. The molecule has 10 nitrogen and oxygen atoms in total. The van der Waals surface area contributed by atoms with E-state index >= 15 is 0 Å². The van der Waals surface area contributed by atoms with Gasteiger partial charge in [-0.25, -0.2) is 0 Å². The molecule has 0 bridgehead atoms. The van der Waals surface area contributed by atoms with Crippen molar-refractivity contribution in [3.8, 4) is 0 Å². The zero-order valence-corrected chi connectivity index (χ0v) is 21.5. The molecule has 2 atom stereocenters. The quantitative estimate of drug-likeness (QED) is 0.206. The number of hydrogen-bond donors (Lipinski definition) is 5. The predicted octanol–water partition coefficient (Wildman–Crippen LogP) is 0.432. The van der Waals surface area contributed by atoms with Gasteiger partial charge in [0.05, 0.1) is 18.0 Å². The van der Waals surface area contributed by atoms with Crippen LogP contribution in [0.1, 0.15) is 24.0 Å². The van der Waals surface area contributed by atoms with Crippen molar-refractivity contribution in [1.29, 1.82) is 0 Å². The van der Waals surface area contributed by atoms with Crippen molar-refractivity contribution in [2.75, 3.05) is 26.2 Å². The maximum atomic E-state index is 13.2. The lowest BCUT2D eigenvalue weighted by molar-refractivity contribution is -0.135. The number of carbonyl (C=O) groups is 3. The molecule has 38 heavy (non-hydrogen) atoms. The van der Waals surface area contributed by atoms with Crippen LogP contribution in [0.15, 0.2) is 66.9 Å². The van der Waals surface area contributed by atoms with Gasteiger partial charge in [-0.2, -0.15) is 0 Å². The number of benzene rings is 2. The van der Waals surface area contributed by atoms with Crippen molar-refractivity contribution in [2.24, 2.45) is 17.2 Å². The highest BCUT2D eigenvalue weighted by atomic mass is 16.2. The summed E-state index contributed by atoms with van der Waals surface area (Å²) in [6, 6.07) is 17.4. The van der Waals surface area contributed by atoms with E-state index in [4.69, 9.17) is 17.2 Å². The fraction of sp³-hybridized carbons (Fsp3) is 0.357. The second-order valence-corrected chi connectivity index (χ2v) is 9.10. The largest absolute Gasteiger partial charge is 0.350 e. The van der Waals surface area contributed by atoms with Crippen molar-refractivity contribution in [1.82, 2.24) is 20.5 Å². The summed E-state index contributed by atoms with van der Waals surface area (Å²) in [5.74, 6) is -1.20. The van der Waals surface area contributed by atoms with E-state index in [9.17, 15) is 14.4 Å². The first kappa shape index (κ1) is 28.7. The lowest BCUT2D eigenvalue weighted by Crippen LogP contribution is -2.53. The summed E-state index contributed by atoms with van der Waals surface area (Å²) in [6.45, 7) is 1.51. The minimum Gasteiger partial charge on any atom is -0.350 e. The second kappa shape index (κ2) is 14.8. The van der Waals surface area contributed by atoms with Gasteiger partial charge in [-0.3, -0.25) is 19.4 Å². The SMILES string of the molecule is NCCN(CCN)C(=O)CC(N)C(=O)NC(CCc1ccccc1)C(=O)NCc1ccc2ncccc2c1. The van der Waals surface area contributed by atoms with Crippen molar-refractivity contribution < 1.29 is 14.4 Å². The summed E-state index contributed by atoms with van der Waals surface area (Å²) in [4.78, 5) is 44.5. The first-order chi connectivity index (χ1) is 18.4. The highest BCUT2D eigenvalue weighted by Crippen LogP contribution is 2.13. The van der Waals surface area contributed by atoms with Gasteiger partial charge < -0.3 is 32.7 Å². The van der Waals surface area contributed by atoms with E-state index in [2.05, 4.69) is 15.6 Å². The summed E-state index contributed by atoms with van der Waals surface area (Å²) in [5.41, 5.74) is 20.0. The molecular weight excluding hydrogens is 482 g/mol. The molecule has 202 valence electrons. The van der Waals surface area contributed by atoms with Gasteiger partial charge in [0.1, 0.15) is 6.04 Å². The normalized spacial score (nSPS) is 12.5. The molecule has 2 aromatic carbocycles. The number of rotatable bonds is 14. The molecule has 0 fully saturated rings. The Morgan fingerprint density at radius 1 is 0.895 bits per heavy atom. The van der Waals surface area contributed by atoms with Gasteiger partial charge in [-0.15, -0.1) is 0 Å². The molecule has 10 heteroatoms. The van der Waals surface area contributed by atoms with E-state index in [1.165, 1.54) is 4.90 Å². The van der Waals surface area contributed by atoms with Gasteiger partial charge in [0.15, 0.2) is 0 Å². The van der Waals surface area contributed by atoms with Crippen LogP contribution < -0.4 is 27.8 Å². The van der Waals surface area contributed by atoms with E-state index in [1.54, 1.807) is 6.20 Å². The summed E-state index contributed by atoms with van der Waals surface area (Å²) in [6.07, 6.45) is 2.48. The van der Waals surface area contributed by atoms with E-state index in [0.29, 0.717) is 32.5 Å². The van der Waals surface area contributed by atoms with Crippen LogP contribution in [-0.2, 0) is 27.3 Å². The molecular formula is C28H37N7O3. The van der Waals surface area contributed by atoms with Gasteiger partial charge in [-0.1, -0.05) is 42.5 Å². The Balaban J connectivity index is 1.64. The number of aryl methyl sites for hydroxylation is 1. The number of hydrogen-bond acceptors (Lipinski definition) is 7. The van der Waals surface area contributed by atoms with Crippen molar-refractivity contribution in [3.05, 3.63) is 78.0 Å². The Labute approximate surface area is 222 Å². The minimum absolute atomic E-state index is 0.204. The maximum absolute atomic E-state index is 13.2. The van der Waals surface area contributed by atoms with Crippen molar-refractivity contribution in [2.45, 2.75) is 37.9 Å². The minimum atomic E-state index is -1.11. The first-order valence-corrected chi connectivity index (χ1v) is 12.8. The molecule has 3 aromatic rings. The molecule has 1 aromatic heterocycles. The number of amides is 3. The number of pyridine rings is 1. The molecule has 0 saturated heterocycles. The zero-order valence-electron chi connectivity index (χ0n) is 21.5. The number of carbonyl (C=O) groups excluding carboxylic acids is 3. The van der Waals surface area contributed by atoms with Crippen LogP contribution in [0.3, 0.4) is 0 Å². The van der Waals surface area contributed by atoms with Gasteiger partial charge >= 0.3 is 0 Å². The summed E-state index contributed by atoms with van der Waals surface area (Å²) in [5, 5.41) is 6.65. The van der Waals surface area contributed by atoms with Crippen LogP contribution in [0.5, 0.6) is 0 Å². The number of fused-ring (bicyclic) bond motifs is 1. The van der Waals surface area contributed by atoms with E-state index in [0.717, 1.165) is 22.0 Å². The third-order valence-corrected chi connectivity index (χ3v) is 6.21. The van der Waals surface area contributed by atoms with Crippen molar-refractivity contribution in [3.63, 3.8) is 0 Å². The monoisotopic (exact) mass is 519 g/mol. The predicted molar refractivity (Wildman–Crippen MR) is 148 cm³/mol. The molecule has 0 spiro atoms. The smallest absolute Gasteiger partial charge is 0.242 e. The van der Waals surface area contributed by atoms with Gasteiger partial charge in [0.25, 0.3) is 0 Å². The number of nitrogens with one attached hydrogen (secondary N) is 2. The topological polar surface area (TPSA) is 169 Å². The van der Waals surface area contributed by atoms with E-state index in [1.807, 2.05) is 60.7 Å². The third-order valence-electron chi connectivity index (χ3n) is 6.21. The lowest BCUT2D eigenvalue weighted by Gasteiger charge is -2.24.